The van der Waals surface area contributed by atoms with Crippen LogP contribution in [0.2, 0.25) is 0 Å². The summed E-state index contributed by atoms with van der Waals surface area (Å²) in [5.74, 6) is 0.329. The third-order valence-corrected chi connectivity index (χ3v) is 4.93. The van der Waals surface area contributed by atoms with Crippen molar-refractivity contribution in [3.63, 3.8) is 0 Å². The molecule has 0 bridgehead atoms. The number of methoxy groups -OCH3 is 1. The number of aromatic nitrogens is 3. The van der Waals surface area contributed by atoms with Gasteiger partial charge in [-0.25, -0.2) is 22.8 Å². The zero-order chi connectivity index (χ0) is 21.9. The smallest absolute Gasteiger partial charge is 0.435 e. The van der Waals surface area contributed by atoms with E-state index in [9.17, 15) is 21.6 Å². The standard InChI is InChI=1S/C19H19F3N4O3S.ClH/c1-29-18-8-7-15(12-23-18)26-16(11-17(25-26)19(20,21)22)14-5-3-13(4-6-14)9-10-24-30(2,27)28;/h3-8,11-12,24H,9-10H2,1-2H3;1H. The Morgan fingerprint density at radius 3 is 2.32 bits per heavy atom. The molecule has 12 heteroatoms. The second kappa shape index (κ2) is 9.67. The quantitative estimate of drug-likeness (QED) is 0.564. The summed E-state index contributed by atoms with van der Waals surface area (Å²) in [7, 11) is -1.84. The molecule has 0 spiro atoms. The molecule has 1 aromatic carbocycles. The van der Waals surface area contributed by atoms with Crippen LogP contribution in [0, 0.1) is 0 Å². The normalized spacial score (nSPS) is 11.8. The van der Waals surface area contributed by atoms with Crippen molar-refractivity contribution in [3.05, 3.63) is 59.9 Å². The molecule has 0 fully saturated rings. The molecule has 0 unspecified atom stereocenters. The minimum atomic E-state index is -4.60. The summed E-state index contributed by atoms with van der Waals surface area (Å²) >= 11 is 0. The summed E-state index contributed by atoms with van der Waals surface area (Å²) in [6, 6.07) is 10.9. The lowest BCUT2D eigenvalue weighted by Gasteiger charge is -2.09. The maximum atomic E-state index is 13.3. The van der Waals surface area contributed by atoms with Gasteiger partial charge in [0.25, 0.3) is 0 Å². The number of hydrogen-bond donors (Lipinski definition) is 1. The van der Waals surface area contributed by atoms with Crippen LogP contribution in [0.1, 0.15) is 11.3 Å². The molecule has 3 rings (SSSR count). The van der Waals surface area contributed by atoms with Gasteiger partial charge in [-0.05, 0) is 24.1 Å². The van der Waals surface area contributed by atoms with Gasteiger partial charge in [0.15, 0.2) is 5.69 Å². The Morgan fingerprint density at radius 1 is 1.13 bits per heavy atom. The molecule has 2 aromatic heterocycles. The van der Waals surface area contributed by atoms with Crippen LogP contribution in [-0.4, -0.2) is 43.1 Å². The first-order valence-electron chi connectivity index (χ1n) is 8.78. The maximum absolute atomic E-state index is 13.3. The van der Waals surface area contributed by atoms with Gasteiger partial charge in [-0.3, -0.25) is 0 Å². The third-order valence-electron chi connectivity index (χ3n) is 4.20. The first-order chi connectivity index (χ1) is 14.1. The van der Waals surface area contributed by atoms with Crippen LogP contribution in [0.25, 0.3) is 16.9 Å². The summed E-state index contributed by atoms with van der Waals surface area (Å²) in [4.78, 5) is 4.03. The zero-order valence-corrected chi connectivity index (χ0v) is 18.2. The average Bonchev–Trinajstić information content (AvgIpc) is 3.13. The number of alkyl halides is 3. The molecule has 0 saturated carbocycles. The van der Waals surface area contributed by atoms with E-state index in [2.05, 4.69) is 14.8 Å². The topological polar surface area (TPSA) is 86.1 Å². The third kappa shape index (κ3) is 6.42. The lowest BCUT2D eigenvalue weighted by atomic mass is 10.1. The average molecular weight is 477 g/mol. The first kappa shape index (κ1) is 24.6. The zero-order valence-electron chi connectivity index (χ0n) is 16.5. The summed E-state index contributed by atoms with van der Waals surface area (Å²) in [5.41, 5.74) is 0.935. The Morgan fingerprint density at radius 2 is 1.81 bits per heavy atom. The molecule has 0 aliphatic heterocycles. The van der Waals surface area contributed by atoms with E-state index in [-0.39, 0.29) is 24.6 Å². The minimum absolute atomic E-state index is 0. The summed E-state index contributed by atoms with van der Waals surface area (Å²) < 4.78 is 70.6. The van der Waals surface area contributed by atoms with Gasteiger partial charge >= 0.3 is 6.18 Å². The van der Waals surface area contributed by atoms with Gasteiger partial charge in [0.2, 0.25) is 15.9 Å². The fourth-order valence-corrected chi connectivity index (χ4v) is 3.24. The van der Waals surface area contributed by atoms with Gasteiger partial charge in [-0.2, -0.15) is 18.3 Å². The lowest BCUT2D eigenvalue weighted by molar-refractivity contribution is -0.141. The van der Waals surface area contributed by atoms with Crippen LogP contribution >= 0.6 is 12.4 Å². The molecule has 0 saturated heterocycles. The molecule has 3 aromatic rings. The Balaban J connectivity index is 0.00000341. The van der Waals surface area contributed by atoms with Crippen molar-refractivity contribution < 1.29 is 26.3 Å². The summed E-state index contributed by atoms with van der Waals surface area (Å²) in [6.45, 7) is 0.228. The van der Waals surface area contributed by atoms with Gasteiger partial charge in [0.05, 0.1) is 30.9 Å². The number of hydrogen-bond acceptors (Lipinski definition) is 5. The van der Waals surface area contributed by atoms with E-state index in [1.165, 1.54) is 24.1 Å². The largest absolute Gasteiger partial charge is 0.481 e. The molecule has 7 nitrogen and oxygen atoms in total. The van der Waals surface area contributed by atoms with Gasteiger partial charge in [0.1, 0.15) is 0 Å². The minimum Gasteiger partial charge on any atom is -0.481 e. The van der Waals surface area contributed by atoms with Crippen molar-refractivity contribution in [1.29, 1.82) is 0 Å². The highest BCUT2D eigenvalue weighted by Crippen LogP contribution is 2.33. The van der Waals surface area contributed by atoms with Crippen molar-refractivity contribution in [3.8, 4) is 22.8 Å². The highest BCUT2D eigenvalue weighted by atomic mass is 35.5. The molecular weight excluding hydrogens is 457 g/mol. The predicted molar refractivity (Wildman–Crippen MR) is 112 cm³/mol. The molecule has 0 amide bonds. The van der Waals surface area contributed by atoms with Gasteiger partial charge in [-0.15, -0.1) is 12.4 Å². The number of ether oxygens (including phenoxy) is 1. The number of sulfonamides is 1. The number of nitrogens with zero attached hydrogens (tertiary/aromatic N) is 3. The fraction of sp³-hybridized carbons (Fsp3) is 0.263. The van der Waals surface area contributed by atoms with Crippen LogP contribution in [0.5, 0.6) is 5.88 Å². The molecule has 168 valence electrons. The van der Waals surface area contributed by atoms with E-state index in [0.29, 0.717) is 23.6 Å². The van der Waals surface area contributed by atoms with E-state index in [1.54, 1.807) is 30.3 Å². The Labute approximate surface area is 183 Å². The molecule has 0 aliphatic carbocycles. The molecule has 2 heterocycles. The van der Waals surface area contributed by atoms with Gasteiger partial charge in [0, 0.05) is 18.2 Å². The predicted octanol–water partition coefficient (Wildman–Crippen LogP) is 3.48. The van der Waals surface area contributed by atoms with E-state index in [4.69, 9.17) is 4.74 Å². The van der Waals surface area contributed by atoms with Crippen molar-refractivity contribution in [2.45, 2.75) is 12.6 Å². The molecule has 0 radical (unpaired) electrons. The Hall–Kier alpha value is -2.63. The molecule has 1 N–H and O–H groups in total. The van der Waals surface area contributed by atoms with Gasteiger partial charge in [-0.1, -0.05) is 24.3 Å². The van der Waals surface area contributed by atoms with Crippen LogP contribution in [0.3, 0.4) is 0 Å². The van der Waals surface area contributed by atoms with Crippen molar-refractivity contribution in [1.82, 2.24) is 19.5 Å². The van der Waals surface area contributed by atoms with E-state index in [1.807, 2.05) is 0 Å². The fourth-order valence-electron chi connectivity index (χ4n) is 2.76. The Kier molecular flexibility index (Phi) is 7.68. The van der Waals surface area contributed by atoms with Crippen LogP contribution in [-0.2, 0) is 22.6 Å². The van der Waals surface area contributed by atoms with Crippen molar-refractivity contribution in [2.75, 3.05) is 19.9 Å². The van der Waals surface area contributed by atoms with E-state index < -0.39 is 21.9 Å². The number of pyridine rings is 1. The van der Waals surface area contributed by atoms with Crippen molar-refractivity contribution in [2.24, 2.45) is 0 Å². The van der Waals surface area contributed by atoms with Crippen LogP contribution in [0.4, 0.5) is 13.2 Å². The van der Waals surface area contributed by atoms with Crippen LogP contribution in [0.15, 0.2) is 48.7 Å². The number of nitrogens with one attached hydrogen (secondary N) is 1. The molecule has 31 heavy (non-hydrogen) atoms. The monoisotopic (exact) mass is 476 g/mol. The summed E-state index contributed by atoms with van der Waals surface area (Å²) in [6.07, 6.45) is -1.70. The van der Waals surface area contributed by atoms with E-state index in [0.717, 1.165) is 17.9 Å². The summed E-state index contributed by atoms with van der Waals surface area (Å²) in [5, 5.41) is 3.72. The van der Waals surface area contributed by atoms with Crippen LogP contribution < -0.4 is 9.46 Å². The second-order valence-electron chi connectivity index (χ2n) is 6.50. The molecular formula is C19H20ClF3N4O3S. The SMILES string of the molecule is COc1ccc(-n2nc(C(F)(F)F)cc2-c2ccc(CCNS(C)(=O)=O)cc2)cn1.Cl. The Bertz CT molecular complexity index is 1120. The number of halogens is 4. The maximum Gasteiger partial charge on any atom is 0.435 e. The van der Waals surface area contributed by atoms with E-state index >= 15 is 0 Å². The molecule has 0 aliphatic rings. The molecule has 0 atom stereocenters. The highest BCUT2D eigenvalue weighted by molar-refractivity contribution is 7.88. The second-order valence-corrected chi connectivity index (χ2v) is 8.33. The van der Waals surface area contributed by atoms with Gasteiger partial charge < -0.3 is 4.74 Å². The number of rotatable bonds is 7. The lowest BCUT2D eigenvalue weighted by Crippen LogP contribution is -2.24. The van der Waals surface area contributed by atoms with Crippen molar-refractivity contribution >= 4 is 22.4 Å². The number of benzene rings is 1. The highest BCUT2D eigenvalue weighted by Gasteiger charge is 2.35. The first-order valence-corrected chi connectivity index (χ1v) is 10.7.